The molecule has 1 saturated heterocycles. The first-order valence-electron chi connectivity index (χ1n) is 6.10. The molecule has 2 rings (SSSR count). The summed E-state index contributed by atoms with van der Waals surface area (Å²) in [6.45, 7) is 3.00. The molecule has 0 aromatic heterocycles. The largest absolute Gasteiger partial charge is 0.346 e. The lowest BCUT2D eigenvalue weighted by Gasteiger charge is -2.35. The van der Waals surface area contributed by atoms with Gasteiger partial charge in [-0.1, -0.05) is 0 Å². The maximum atomic E-state index is 13.1. The Bertz CT molecular complexity index is 430. The first kappa shape index (κ1) is 13.2. The monoisotopic (exact) mass is 270 g/mol. The Morgan fingerprint density at radius 2 is 1.94 bits per heavy atom. The normalized spacial score (nSPS) is 19.7. The second kappa shape index (κ2) is 5.61. The number of nitrogens with zero attached hydrogens (tertiary/aromatic N) is 1. The minimum Gasteiger partial charge on any atom is -0.346 e. The molecule has 0 aliphatic carbocycles. The predicted octanol–water partition coefficient (Wildman–Crippen LogP) is 3.54. The van der Waals surface area contributed by atoms with E-state index >= 15 is 0 Å². The van der Waals surface area contributed by atoms with Crippen molar-refractivity contribution in [3.63, 3.8) is 0 Å². The van der Waals surface area contributed by atoms with Gasteiger partial charge in [0.2, 0.25) is 0 Å². The number of hydrogen-bond donors (Lipinski definition) is 1. The van der Waals surface area contributed by atoms with Crippen LogP contribution in [0.25, 0.3) is 0 Å². The van der Waals surface area contributed by atoms with Crippen LogP contribution < -0.4 is 5.32 Å². The van der Waals surface area contributed by atoms with Crippen molar-refractivity contribution in [2.24, 2.45) is 0 Å². The van der Waals surface area contributed by atoms with E-state index in [9.17, 15) is 8.78 Å². The van der Waals surface area contributed by atoms with E-state index in [0.29, 0.717) is 16.8 Å². The SMILES string of the molecule is C[C@@H]1CCCCN1C(=S)Nc1cc(F)cc(F)c1. The van der Waals surface area contributed by atoms with Gasteiger partial charge in [0, 0.05) is 24.3 Å². The number of nitrogens with one attached hydrogen (secondary N) is 1. The second-order valence-corrected chi connectivity index (χ2v) is 5.01. The average molecular weight is 270 g/mol. The molecule has 1 aromatic carbocycles. The highest BCUT2D eigenvalue weighted by Crippen LogP contribution is 2.19. The summed E-state index contributed by atoms with van der Waals surface area (Å²) in [5.74, 6) is -1.21. The van der Waals surface area contributed by atoms with Crippen molar-refractivity contribution in [1.29, 1.82) is 0 Å². The van der Waals surface area contributed by atoms with Gasteiger partial charge >= 0.3 is 0 Å². The van der Waals surface area contributed by atoms with Gasteiger partial charge in [0.1, 0.15) is 11.6 Å². The smallest absolute Gasteiger partial charge is 0.173 e. The number of halogens is 2. The summed E-state index contributed by atoms with van der Waals surface area (Å²) >= 11 is 5.29. The third-order valence-electron chi connectivity index (χ3n) is 3.18. The van der Waals surface area contributed by atoms with Crippen LogP contribution in [-0.2, 0) is 0 Å². The van der Waals surface area contributed by atoms with E-state index in [-0.39, 0.29) is 0 Å². The molecule has 2 nitrogen and oxygen atoms in total. The van der Waals surface area contributed by atoms with Crippen LogP contribution in [0.15, 0.2) is 18.2 Å². The molecule has 18 heavy (non-hydrogen) atoms. The Kier molecular flexibility index (Phi) is 4.11. The molecular formula is C13H16F2N2S. The Hall–Kier alpha value is -1.23. The number of thiocarbonyl (C=S) groups is 1. The lowest BCUT2D eigenvalue weighted by atomic mass is 10.0. The number of hydrogen-bond acceptors (Lipinski definition) is 1. The summed E-state index contributed by atoms with van der Waals surface area (Å²) in [7, 11) is 0. The first-order chi connectivity index (χ1) is 8.56. The molecule has 0 bridgehead atoms. The molecule has 98 valence electrons. The van der Waals surface area contributed by atoms with Gasteiger partial charge in [-0.25, -0.2) is 8.78 Å². The summed E-state index contributed by atoms with van der Waals surface area (Å²) in [5, 5.41) is 3.44. The van der Waals surface area contributed by atoms with E-state index in [2.05, 4.69) is 17.1 Å². The summed E-state index contributed by atoms with van der Waals surface area (Å²) in [5.41, 5.74) is 0.357. The summed E-state index contributed by atoms with van der Waals surface area (Å²) in [6, 6.07) is 3.70. The van der Waals surface area contributed by atoms with Crippen LogP contribution in [0.4, 0.5) is 14.5 Å². The quantitative estimate of drug-likeness (QED) is 0.786. The standard InChI is InChI=1S/C13H16F2N2S/c1-9-4-2-3-5-17(9)13(18)16-12-7-10(14)6-11(15)8-12/h6-9H,2-5H2,1H3,(H,16,18)/t9-/m1/s1. The van der Waals surface area contributed by atoms with Gasteiger partial charge in [-0.05, 0) is 50.5 Å². The fourth-order valence-corrected chi connectivity index (χ4v) is 2.61. The number of anilines is 1. The predicted molar refractivity (Wildman–Crippen MR) is 72.6 cm³/mol. The van der Waals surface area contributed by atoms with E-state index in [1.165, 1.54) is 18.6 Å². The highest BCUT2D eigenvalue weighted by molar-refractivity contribution is 7.80. The van der Waals surface area contributed by atoms with Crippen LogP contribution in [0.1, 0.15) is 26.2 Å². The Morgan fingerprint density at radius 1 is 1.28 bits per heavy atom. The van der Waals surface area contributed by atoms with Gasteiger partial charge in [0.05, 0.1) is 0 Å². The van der Waals surface area contributed by atoms with Crippen molar-refractivity contribution >= 4 is 23.0 Å². The third kappa shape index (κ3) is 3.16. The molecule has 5 heteroatoms. The third-order valence-corrected chi connectivity index (χ3v) is 3.51. The van der Waals surface area contributed by atoms with E-state index in [1.807, 2.05) is 0 Å². The minimum absolute atomic E-state index is 0.357. The molecule has 1 fully saturated rings. The van der Waals surface area contributed by atoms with Gasteiger partial charge in [-0.3, -0.25) is 0 Å². The summed E-state index contributed by atoms with van der Waals surface area (Å²) < 4.78 is 26.1. The molecule has 1 atom stereocenters. The van der Waals surface area contributed by atoms with Gasteiger partial charge < -0.3 is 10.2 Å². The van der Waals surface area contributed by atoms with Crippen molar-refractivity contribution in [3.8, 4) is 0 Å². The summed E-state index contributed by atoms with van der Waals surface area (Å²) in [6.07, 6.45) is 3.40. The van der Waals surface area contributed by atoms with Gasteiger partial charge in [-0.15, -0.1) is 0 Å². The molecule has 1 aromatic rings. The van der Waals surface area contributed by atoms with Gasteiger partial charge in [-0.2, -0.15) is 0 Å². The Labute approximate surface area is 111 Å². The topological polar surface area (TPSA) is 15.3 Å². The first-order valence-corrected chi connectivity index (χ1v) is 6.51. The molecule has 1 heterocycles. The number of rotatable bonds is 1. The van der Waals surface area contributed by atoms with Crippen LogP contribution >= 0.6 is 12.2 Å². The van der Waals surface area contributed by atoms with E-state index < -0.39 is 11.6 Å². The molecule has 0 unspecified atom stereocenters. The van der Waals surface area contributed by atoms with Crippen molar-refractivity contribution in [2.75, 3.05) is 11.9 Å². The zero-order valence-corrected chi connectivity index (χ0v) is 11.1. The number of piperidine rings is 1. The van der Waals surface area contributed by atoms with Crippen LogP contribution in [0.5, 0.6) is 0 Å². The van der Waals surface area contributed by atoms with Crippen molar-refractivity contribution in [1.82, 2.24) is 4.90 Å². The molecule has 0 radical (unpaired) electrons. The molecule has 1 aliphatic rings. The van der Waals surface area contributed by atoms with E-state index in [4.69, 9.17) is 12.2 Å². The lowest BCUT2D eigenvalue weighted by molar-refractivity contribution is 0.262. The van der Waals surface area contributed by atoms with Crippen molar-refractivity contribution in [3.05, 3.63) is 29.8 Å². The molecule has 0 spiro atoms. The number of likely N-dealkylation sites (tertiary alicyclic amines) is 1. The highest BCUT2D eigenvalue weighted by atomic mass is 32.1. The van der Waals surface area contributed by atoms with Crippen LogP contribution in [0, 0.1) is 11.6 Å². The zero-order valence-electron chi connectivity index (χ0n) is 10.2. The molecular weight excluding hydrogens is 254 g/mol. The summed E-state index contributed by atoms with van der Waals surface area (Å²) in [4.78, 5) is 2.07. The van der Waals surface area contributed by atoms with E-state index in [1.54, 1.807) is 0 Å². The lowest BCUT2D eigenvalue weighted by Crippen LogP contribution is -2.44. The van der Waals surface area contributed by atoms with Gasteiger partial charge in [0.15, 0.2) is 5.11 Å². The molecule has 0 saturated carbocycles. The Balaban J connectivity index is 2.06. The minimum atomic E-state index is -0.605. The number of benzene rings is 1. The van der Waals surface area contributed by atoms with E-state index in [0.717, 1.165) is 25.5 Å². The van der Waals surface area contributed by atoms with Crippen molar-refractivity contribution < 1.29 is 8.78 Å². The highest BCUT2D eigenvalue weighted by Gasteiger charge is 2.20. The fourth-order valence-electron chi connectivity index (χ4n) is 2.22. The van der Waals surface area contributed by atoms with Crippen LogP contribution in [0.2, 0.25) is 0 Å². The van der Waals surface area contributed by atoms with Crippen molar-refractivity contribution in [2.45, 2.75) is 32.2 Å². The second-order valence-electron chi connectivity index (χ2n) is 4.63. The van der Waals surface area contributed by atoms with Gasteiger partial charge in [0.25, 0.3) is 0 Å². The Morgan fingerprint density at radius 3 is 2.56 bits per heavy atom. The molecule has 1 N–H and O–H groups in total. The fraction of sp³-hybridized carbons (Fsp3) is 0.462. The maximum absolute atomic E-state index is 13.1. The molecule has 1 aliphatic heterocycles. The maximum Gasteiger partial charge on any atom is 0.173 e. The average Bonchev–Trinajstić information content (AvgIpc) is 2.27. The van der Waals surface area contributed by atoms with Crippen LogP contribution in [0.3, 0.4) is 0 Å². The zero-order chi connectivity index (χ0) is 13.1. The molecule has 0 amide bonds. The van der Waals surface area contributed by atoms with Crippen LogP contribution in [-0.4, -0.2) is 22.6 Å².